The van der Waals surface area contributed by atoms with Crippen molar-refractivity contribution in [3.8, 4) is 0 Å². The molecule has 0 bridgehead atoms. The highest BCUT2D eigenvalue weighted by Gasteiger charge is 2.29. The zero-order valence-corrected chi connectivity index (χ0v) is 10.5. The van der Waals surface area contributed by atoms with Gasteiger partial charge in [0, 0.05) is 31.9 Å². The molecule has 3 nitrogen and oxygen atoms in total. The first-order chi connectivity index (χ1) is 8.34. The predicted molar refractivity (Wildman–Crippen MR) is 69.0 cm³/mol. The Morgan fingerprint density at radius 1 is 1.47 bits per heavy atom. The number of aromatic nitrogens is 1. The molecule has 1 saturated heterocycles. The van der Waals surface area contributed by atoms with Gasteiger partial charge in [-0.3, -0.25) is 9.88 Å². The maximum absolute atomic E-state index is 4.64. The van der Waals surface area contributed by atoms with E-state index in [0.717, 1.165) is 19.6 Å². The van der Waals surface area contributed by atoms with Gasteiger partial charge in [-0.15, -0.1) is 0 Å². The smallest absolute Gasteiger partial charge is 0.0607 e. The molecule has 1 aromatic rings. The van der Waals surface area contributed by atoms with Gasteiger partial charge in [0.05, 0.1) is 11.7 Å². The van der Waals surface area contributed by atoms with Gasteiger partial charge >= 0.3 is 0 Å². The Kier molecular flexibility index (Phi) is 3.12. The van der Waals surface area contributed by atoms with Crippen LogP contribution < -0.4 is 5.32 Å². The zero-order chi connectivity index (χ0) is 11.7. The van der Waals surface area contributed by atoms with E-state index in [1.807, 2.05) is 6.20 Å². The standard InChI is InChI=1S/C14H21N3/c1-11-10-17(9-8-15-11)13-6-2-4-12-5-3-7-16-14(12)13/h3,5,7,11,13,15H,2,4,6,8-10H2,1H3. The number of rotatable bonds is 1. The lowest BCUT2D eigenvalue weighted by atomic mass is 9.90. The number of nitrogens with one attached hydrogen (secondary N) is 1. The number of piperazine rings is 1. The van der Waals surface area contributed by atoms with Gasteiger partial charge in [-0.2, -0.15) is 0 Å². The van der Waals surface area contributed by atoms with E-state index >= 15 is 0 Å². The van der Waals surface area contributed by atoms with Crippen LogP contribution in [0.15, 0.2) is 18.3 Å². The summed E-state index contributed by atoms with van der Waals surface area (Å²) in [4.78, 5) is 7.26. The molecule has 17 heavy (non-hydrogen) atoms. The molecule has 0 spiro atoms. The first-order valence-electron chi connectivity index (χ1n) is 6.76. The quantitative estimate of drug-likeness (QED) is 0.798. The maximum atomic E-state index is 4.64. The summed E-state index contributed by atoms with van der Waals surface area (Å²) in [5, 5.41) is 3.51. The van der Waals surface area contributed by atoms with E-state index in [2.05, 4.69) is 34.3 Å². The van der Waals surface area contributed by atoms with E-state index in [0.29, 0.717) is 12.1 Å². The van der Waals surface area contributed by atoms with Gasteiger partial charge in [0.1, 0.15) is 0 Å². The van der Waals surface area contributed by atoms with Crippen molar-refractivity contribution in [3.05, 3.63) is 29.6 Å². The van der Waals surface area contributed by atoms with Crippen LogP contribution in [0.5, 0.6) is 0 Å². The summed E-state index contributed by atoms with van der Waals surface area (Å²) < 4.78 is 0. The average Bonchev–Trinajstić information content (AvgIpc) is 2.38. The molecule has 1 aliphatic heterocycles. The third-order valence-electron chi connectivity index (χ3n) is 4.01. The van der Waals surface area contributed by atoms with Crippen LogP contribution in [0.25, 0.3) is 0 Å². The zero-order valence-electron chi connectivity index (χ0n) is 10.5. The molecule has 2 unspecified atom stereocenters. The Balaban J connectivity index is 1.84. The molecule has 2 aliphatic rings. The lowest BCUT2D eigenvalue weighted by molar-refractivity contribution is 0.132. The summed E-state index contributed by atoms with van der Waals surface area (Å²) in [7, 11) is 0. The van der Waals surface area contributed by atoms with Gasteiger partial charge in [-0.25, -0.2) is 0 Å². The van der Waals surface area contributed by atoms with Gasteiger partial charge in [-0.05, 0) is 37.8 Å². The lowest BCUT2D eigenvalue weighted by Gasteiger charge is -2.39. The summed E-state index contributed by atoms with van der Waals surface area (Å²) in [6, 6.07) is 5.49. The first kappa shape index (κ1) is 11.2. The molecule has 0 amide bonds. The van der Waals surface area contributed by atoms with Gasteiger partial charge < -0.3 is 5.32 Å². The first-order valence-corrected chi connectivity index (χ1v) is 6.76. The van der Waals surface area contributed by atoms with Crippen LogP contribution in [-0.2, 0) is 6.42 Å². The molecule has 0 radical (unpaired) electrons. The maximum Gasteiger partial charge on any atom is 0.0607 e. The van der Waals surface area contributed by atoms with Crippen molar-refractivity contribution >= 4 is 0 Å². The monoisotopic (exact) mass is 231 g/mol. The molecule has 0 aromatic carbocycles. The van der Waals surface area contributed by atoms with Crippen LogP contribution in [0.3, 0.4) is 0 Å². The minimum absolute atomic E-state index is 0.560. The number of aryl methyl sites for hydroxylation is 1. The highest BCUT2D eigenvalue weighted by molar-refractivity contribution is 5.25. The van der Waals surface area contributed by atoms with Crippen LogP contribution in [0.1, 0.15) is 37.1 Å². The average molecular weight is 231 g/mol. The normalized spacial score (nSPS) is 29.9. The molecule has 3 rings (SSSR count). The molecule has 0 saturated carbocycles. The summed E-state index contributed by atoms with van der Waals surface area (Å²) in [6.45, 7) is 5.69. The molecular formula is C14H21N3. The van der Waals surface area contributed by atoms with Crippen molar-refractivity contribution in [3.63, 3.8) is 0 Å². The van der Waals surface area contributed by atoms with Crippen molar-refractivity contribution in [1.82, 2.24) is 15.2 Å². The summed E-state index contributed by atoms with van der Waals surface area (Å²) >= 11 is 0. The Labute approximate surface area is 103 Å². The molecule has 2 atom stereocenters. The van der Waals surface area contributed by atoms with Crippen LogP contribution in [0, 0.1) is 0 Å². The number of hydrogen-bond acceptors (Lipinski definition) is 3. The van der Waals surface area contributed by atoms with E-state index in [9.17, 15) is 0 Å². The second kappa shape index (κ2) is 4.75. The van der Waals surface area contributed by atoms with Crippen LogP contribution in [0.2, 0.25) is 0 Å². The Morgan fingerprint density at radius 3 is 3.29 bits per heavy atom. The van der Waals surface area contributed by atoms with Crippen molar-refractivity contribution in [1.29, 1.82) is 0 Å². The molecule has 1 aromatic heterocycles. The SMILES string of the molecule is CC1CN(C2CCCc3cccnc32)CCN1. The van der Waals surface area contributed by atoms with Gasteiger partial charge in [-0.1, -0.05) is 6.07 Å². The topological polar surface area (TPSA) is 28.2 Å². The highest BCUT2D eigenvalue weighted by Crippen LogP contribution is 2.32. The minimum Gasteiger partial charge on any atom is -0.312 e. The fourth-order valence-electron chi connectivity index (χ4n) is 3.19. The second-order valence-electron chi connectivity index (χ2n) is 5.31. The second-order valence-corrected chi connectivity index (χ2v) is 5.31. The van der Waals surface area contributed by atoms with E-state index in [4.69, 9.17) is 0 Å². The molecule has 2 heterocycles. The van der Waals surface area contributed by atoms with Crippen molar-refractivity contribution < 1.29 is 0 Å². The summed E-state index contributed by atoms with van der Waals surface area (Å²) in [5.74, 6) is 0. The molecule has 1 aliphatic carbocycles. The largest absolute Gasteiger partial charge is 0.312 e. The van der Waals surface area contributed by atoms with Crippen LogP contribution >= 0.6 is 0 Å². The Bertz CT molecular complexity index is 391. The van der Waals surface area contributed by atoms with Crippen molar-refractivity contribution in [2.24, 2.45) is 0 Å². The number of pyridine rings is 1. The van der Waals surface area contributed by atoms with E-state index in [-0.39, 0.29) is 0 Å². The molecular weight excluding hydrogens is 210 g/mol. The van der Waals surface area contributed by atoms with E-state index < -0.39 is 0 Å². The number of hydrogen-bond donors (Lipinski definition) is 1. The lowest BCUT2D eigenvalue weighted by Crippen LogP contribution is -2.50. The van der Waals surface area contributed by atoms with Gasteiger partial charge in [0.25, 0.3) is 0 Å². The third-order valence-corrected chi connectivity index (χ3v) is 4.01. The molecule has 3 heteroatoms. The summed E-state index contributed by atoms with van der Waals surface area (Å²) in [5.41, 5.74) is 2.81. The fourth-order valence-corrected chi connectivity index (χ4v) is 3.19. The van der Waals surface area contributed by atoms with E-state index in [1.165, 1.54) is 30.5 Å². The molecule has 1 N–H and O–H groups in total. The van der Waals surface area contributed by atoms with Crippen molar-refractivity contribution in [2.75, 3.05) is 19.6 Å². The molecule has 92 valence electrons. The third kappa shape index (κ3) is 2.22. The number of fused-ring (bicyclic) bond motifs is 1. The predicted octanol–water partition coefficient (Wildman–Crippen LogP) is 1.75. The van der Waals surface area contributed by atoms with E-state index in [1.54, 1.807) is 0 Å². The van der Waals surface area contributed by atoms with Crippen LogP contribution in [-0.4, -0.2) is 35.6 Å². The summed E-state index contributed by atoms with van der Waals surface area (Å²) in [6.07, 6.45) is 5.74. The van der Waals surface area contributed by atoms with Crippen molar-refractivity contribution in [2.45, 2.75) is 38.3 Å². The van der Waals surface area contributed by atoms with Gasteiger partial charge in [0.15, 0.2) is 0 Å². The fraction of sp³-hybridized carbons (Fsp3) is 0.643. The Hall–Kier alpha value is -0.930. The van der Waals surface area contributed by atoms with Gasteiger partial charge in [0.2, 0.25) is 0 Å². The molecule has 1 fully saturated rings. The highest BCUT2D eigenvalue weighted by atomic mass is 15.2. The minimum atomic E-state index is 0.560. The van der Waals surface area contributed by atoms with Crippen LogP contribution in [0.4, 0.5) is 0 Å². The number of nitrogens with zero attached hydrogens (tertiary/aromatic N) is 2. The Morgan fingerprint density at radius 2 is 2.41 bits per heavy atom.